The van der Waals surface area contributed by atoms with Gasteiger partial charge in [0.15, 0.2) is 0 Å². The van der Waals surface area contributed by atoms with E-state index in [1.54, 1.807) is 0 Å². The molecule has 1 saturated heterocycles. The van der Waals surface area contributed by atoms with E-state index in [2.05, 4.69) is 41.3 Å². The zero-order chi connectivity index (χ0) is 19.0. The van der Waals surface area contributed by atoms with Crippen molar-refractivity contribution in [3.05, 3.63) is 96.5 Å². The third kappa shape index (κ3) is 5.14. The van der Waals surface area contributed by atoms with Crippen molar-refractivity contribution in [2.75, 3.05) is 26.2 Å². The van der Waals surface area contributed by atoms with E-state index in [-0.39, 0.29) is 0 Å². The number of rotatable bonds is 7. The molecule has 0 amide bonds. The first kappa shape index (κ1) is 18.6. The van der Waals surface area contributed by atoms with E-state index < -0.39 is 0 Å². The van der Waals surface area contributed by atoms with Crippen LogP contribution in [0.5, 0.6) is 17.2 Å². The molecule has 3 nitrogen and oxygen atoms in total. The smallest absolute Gasteiger partial charge is 0.127 e. The number of allylic oxidation sites excluding steroid dienone is 6. The van der Waals surface area contributed by atoms with E-state index in [1.807, 2.05) is 48.6 Å². The van der Waals surface area contributed by atoms with Crippen LogP contribution in [0.1, 0.15) is 18.4 Å². The van der Waals surface area contributed by atoms with E-state index >= 15 is 0 Å². The molecule has 0 atom stereocenters. The Morgan fingerprint density at radius 1 is 0.679 bits per heavy atom. The minimum atomic E-state index is 0.735. The van der Waals surface area contributed by atoms with Gasteiger partial charge in [0.1, 0.15) is 23.9 Å². The molecule has 1 heterocycles. The summed E-state index contributed by atoms with van der Waals surface area (Å²) in [4.78, 5) is 2.45. The summed E-state index contributed by atoms with van der Waals surface area (Å²) >= 11 is 0. The molecular weight excluding hydrogens is 346 g/mol. The highest BCUT2D eigenvalue weighted by Crippen LogP contribution is 2.27. The highest BCUT2D eigenvalue weighted by molar-refractivity contribution is 5.49. The Morgan fingerprint density at radius 2 is 1.25 bits per heavy atom. The average molecular weight is 372 g/mol. The minimum absolute atomic E-state index is 0.735. The zero-order valence-corrected chi connectivity index (χ0v) is 16.1. The number of ether oxygens (including phenoxy) is 2. The molecule has 0 saturated carbocycles. The van der Waals surface area contributed by atoms with Crippen LogP contribution in [0.15, 0.2) is 85.0 Å². The Morgan fingerprint density at radius 3 is 1.89 bits per heavy atom. The lowest BCUT2D eigenvalue weighted by atomic mass is 9.98. The number of benzene rings is 2. The van der Waals surface area contributed by atoms with Gasteiger partial charge < -0.3 is 9.47 Å². The van der Waals surface area contributed by atoms with Crippen molar-refractivity contribution in [2.24, 2.45) is 0 Å². The quantitative estimate of drug-likeness (QED) is 0.635. The van der Waals surface area contributed by atoms with Crippen LogP contribution in [0.4, 0.5) is 0 Å². The first-order valence-electron chi connectivity index (χ1n) is 9.99. The Bertz CT molecular complexity index is 812. The Hall–Kier alpha value is -2.78. The summed E-state index contributed by atoms with van der Waals surface area (Å²) in [6, 6.07) is 16.0. The zero-order valence-electron chi connectivity index (χ0n) is 16.1. The van der Waals surface area contributed by atoms with Gasteiger partial charge in [-0.25, -0.2) is 0 Å². The SMILES string of the molecule is C1=CC=C[C](c2ccc(Oc3ccc(OCCN4CCCC4)cc3)cc2)C=C1. The van der Waals surface area contributed by atoms with Crippen LogP contribution in [-0.2, 0) is 0 Å². The van der Waals surface area contributed by atoms with Gasteiger partial charge in [-0.1, -0.05) is 48.6 Å². The van der Waals surface area contributed by atoms with Crippen LogP contribution in [0.3, 0.4) is 0 Å². The van der Waals surface area contributed by atoms with Gasteiger partial charge >= 0.3 is 0 Å². The van der Waals surface area contributed by atoms with Crippen molar-refractivity contribution in [2.45, 2.75) is 12.8 Å². The topological polar surface area (TPSA) is 21.7 Å². The van der Waals surface area contributed by atoms with Crippen LogP contribution in [-0.4, -0.2) is 31.1 Å². The highest BCUT2D eigenvalue weighted by atomic mass is 16.5. The van der Waals surface area contributed by atoms with Gasteiger partial charge in [-0.15, -0.1) is 0 Å². The van der Waals surface area contributed by atoms with Crippen molar-refractivity contribution in [1.29, 1.82) is 0 Å². The predicted molar refractivity (Wildman–Crippen MR) is 114 cm³/mol. The summed E-state index contributed by atoms with van der Waals surface area (Å²) in [5.41, 5.74) is 1.17. The Labute approximate surface area is 167 Å². The van der Waals surface area contributed by atoms with E-state index in [4.69, 9.17) is 9.47 Å². The fourth-order valence-corrected chi connectivity index (χ4v) is 3.45. The number of nitrogens with zero attached hydrogens (tertiary/aromatic N) is 1. The number of hydrogen-bond acceptors (Lipinski definition) is 3. The van der Waals surface area contributed by atoms with Crippen LogP contribution in [0.2, 0.25) is 0 Å². The molecule has 1 fully saturated rings. The molecule has 0 spiro atoms. The van der Waals surface area contributed by atoms with E-state index in [0.29, 0.717) is 0 Å². The molecule has 28 heavy (non-hydrogen) atoms. The average Bonchev–Trinajstić information content (AvgIpc) is 3.10. The van der Waals surface area contributed by atoms with Gasteiger partial charge in [0, 0.05) is 12.5 Å². The molecule has 3 heteroatoms. The van der Waals surface area contributed by atoms with Gasteiger partial charge in [-0.2, -0.15) is 0 Å². The van der Waals surface area contributed by atoms with Gasteiger partial charge in [0.05, 0.1) is 0 Å². The van der Waals surface area contributed by atoms with Crippen LogP contribution in [0.25, 0.3) is 0 Å². The second-order valence-electron chi connectivity index (χ2n) is 7.05. The van der Waals surface area contributed by atoms with E-state index in [0.717, 1.165) is 30.4 Å². The largest absolute Gasteiger partial charge is 0.492 e. The summed E-state index contributed by atoms with van der Waals surface area (Å²) in [5, 5.41) is 0. The molecule has 2 aromatic carbocycles. The standard InChI is InChI=1S/C25H26NO2/c1-2-4-8-21(7-3-1)22-9-11-24(12-10-22)28-25-15-13-23(14-16-25)27-20-19-26-17-5-6-18-26/h1-4,7-16H,5-6,17-20H2. The molecule has 143 valence electrons. The highest BCUT2D eigenvalue weighted by Gasteiger charge is 2.11. The molecule has 2 aromatic rings. The van der Waals surface area contributed by atoms with Gasteiger partial charge in [0.25, 0.3) is 0 Å². The maximum atomic E-state index is 5.96. The second kappa shape index (κ2) is 9.43. The van der Waals surface area contributed by atoms with Crippen LogP contribution in [0, 0.1) is 5.92 Å². The molecule has 1 radical (unpaired) electrons. The van der Waals surface area contributed by atoms with Gasteiger partial charge in [-0.3, -0.25) is 4.90 Å². The summed E-state index contributed by atoms with van der Waals surface area (Å²) in [7, 11) is 0. The molecule has 1 aliphatic heterocycles. The normalized spacial score (nSPS) is 17.0. The fraction of sp³-hybridized carbons (Fsp3) is 0.240. The molecule has 2 aliphatic rings. The van der Waals surface area contributed by atoms with Crippen molar-refractivity contribution in [3.63, 3.8) is 0 Å². The van der Waals surface area contributed by atoms with E-state index in [9.17, 15) is 0 Å². The molecule has 0 N–H and O–H groups in total. The molecule has 0 bridgehead atoms. The third-order valence-corrected chi connectivity index (χ3v) is 5.01. The predicted octanol–water partition coefficient (Wildman–Crippen LogP) is 5.56. The maximum absolute atomic E-state index is 5.96. The lowest BCUT2D eigenvalue weighted by Crippen LogP contribution is -2.25. The number of hydrogen-bond donors (Lipinski definition) is 0. The van der Waals surface area contributed by atoms with E-state index in [1.165, 1.54) is 37.4 Å². The molecule has 0 aromatic heterocycles. The van der Waals surface area contributed by atoms with Crippen LogP contribution >= 0.6 is 0 Å². The molecular formula is C25H26NO2. The lowest BCUT2D eigenvalue weighted by molar-refractivity contribution is 0.237. The lowest BCUT2D eigenvalue weighted by Gasteiger charge is -2.15. The first-order chi connectivity index (χ1) is 13.9. The van der Waals surface area contributed by atoms with Gasteiger partial charge in [-0.05, 0) is 67.9 Å². The first-order valence-corrected chi connectivity index (χ1v) is 9.99. The minimum Gasteiger partial charge on any atom is -0.492 e. The monoisotopic (exact) mass is 372 g/mol. The van der Waals surface area contributed by atoms with Crippen LogP contribution < -0.4 is 9.47 Å². The summed E-state index contributed by atoms with van der Waals surface area (Å²) < 4.78 is 11.8. The van der Waals surface area contributed by atoms with Crippen molar-refractivity contribution >= 4 is 0 Å². The molecule has 4 rings (SSSR count). The summed E-state index contributed by atoms with van der Waals surface area (Å²) in [6.07, 6.45) is 15.0. The maximum Gasteiger partial charge on any atom is 0.127 e. The Balaban J connectivity index is 1.29. The fourth-order valence-electron chi connectivity index (χ4n) is 3.45. The van der Waals surface area contributed by atoms with Crippen molar-refractivity contribution < 1.29 is 9.47 Å². The Kier molecular flexibility index (Phi) is 6.25. The molecule has 1 aliphatic carbocycles. The van der Waals surface area contributed by atoms with Crippen molar-refractivity contribution in [1.82, 2.24) is 4.90 Å². The third-order valence-electron chi connectivity index (χ3n) is 5.01. The molecule has 0 unspecified atom stereocenters. The van der Waals surface area contributed by atoms with Gasteiger partial charge in [0.2, 0.25) is 0 Å². The number of likely N-dealkylation sites (tertiary alicyclic amines) is 1. The van der Waals surface area contributed by atoms with Crippen molar-refractivity contribution in [3.8, 4) is 17.2 Å². The summed E-state index contributed by atoms with van der Waals surface area (Å²) in [5.74, 6) is 3.71. The second-order valence-corrected chi connectivity index (χ2v) is 7.05. The summed E-state index contributed by atoms with van der Waals surface area (Å²) in [6.45, 7) is 4.15.